The van der Waals surface area contributed by atoms with Gasteiger partial charge in [0.25, 0.3) is 0 Å². The Kier molecular flexibility index (Phi) is 1.01. The Morgan fingerprint density at radius 3 is 3.36 bits per heavy atom. The van der Waals surface area contributed by atoms with Crippen LogP contribution < -0.4 is 5.32 Å². The van der Waals surface area contributed by atoms with E-state index in [1.165, 1.54) is 5.32 Å². The van der Waals surface area contributed by atoms with Gasteiger partial charge in [-0.15, -0.1) is 0 Å². The van der Waals surface area contributed by atoms with Crippen LogP contribution in [-0.4, -0.2) is 23.4 Å². The van der Waals surface area contributed by atoms with Crippen LogP contribution in [0, 0.1) is 0 Å². The van der Waals surface area contributed by atoms with Gasteiger partial charge in [0, 0.05) is 18.7 Å². The zero-order valence-electron chi connectivity index (χ0n) is 16.3. The van der Waals surface area contributed by atoms with Crippen LogP contribution >= 0.6 is 0 Å². The fourth-order valence-corrected chi connectivity index (χ4v) is 1.13. The van der Waals surface area contributed by atoms with Gasteiger partial charge in [-0.3, -0.25) is 0 Å². The van der Waals surface area contributed by atoms with E-state index in [0.717, 1.165) is 0 Å². The molecule has 0 aliphatic heterocycles. The lowest BCUT2D eigenvalue weighted by Crippen LogP contribution is -2.08. The Hall–Kier alpha value is -1.35. The molecule has 74 valence electrons. The second-order valence-electron chi connectivity index (χ2n) is 2.60. The predicted octanol–water partition coefficient (Wildman–Crippen LogP) is 1.71. The molecule has 14 heavy (non-hydrogen) atoms. The van der Waals surface area contributed by atoms with Crippen molar-refractivity contribution in [2.45, 2.75) is 12.7 Å². The van der Waals surface area contributed by atoms with Crippen LogP contribution in [0.25, 0.3) is 11.0 Å². The zero-order valence-corrected chi connectivity index (χ0v) is 7.26. The fraction of sp³-hybridized carbons (Fsp3) is 0.364. The van der Waals surface area contributed by atoms with E-state index in [0.29, 0.717) is 11.0 Å². The summed E-state index contributed by atoms with van der Waals surface area (Å²) in [5.74, 6) is -0.417. The Bertz CT molecular complexity index is 671. The lowest BCUT2D eigenvalue weighted by molar-refractivity contribution is 0.709. The lowest BCUT2D eigenvalue weighted by Gasteiger charge is -1.95. The van der Waals surface area contributed by atoms with Crippen molar-refractivity contribution in [2.75, 3.05) is 13.5 Å². The Morgan fingerprint density at radius 1 is 1.57 bits per heavy atom. The summed E-state index contributed by atoms with van der Waals surface area (Å²) in [5, 5.41) is 1.52. The number of benzene rings is 1. The molecule has 2 aromatic rings. The molecular formula is C11H15N3. The third kappa shape index (κ3) is 1.93. The van der Waals surface area contributed by atoms with Gasteiger partial charge in [-0.25, -0.2) is 4.98 Å². The van der Waals surface area contributed by atoms with Crippen LogP contribution in [0.15, 0.2) is 24.3 Å². The van der Waals surface area contributed by atoms with Gasteiger partial charge in [-0.05, 0) is 32.0 Å². The molecule has 2 rings (SSSR count). The van der Waals surface area contributed by atoms with E-state index in [2.05, 4.69) is 9.97 Å². The number of rotatable bonds is 4. The molecule has 3 heteroatoms. The summed E-state index contributed by atoms with van der Waals surface area (Å²) in [6, 6.07) is 6.57. The Labute approximate surface area is 96.2 Å². The largest absolute Gasteiger partial charge is 0.342 e. The summed E-state index contributed by atoms with van der Waals surface area (Å²) in [7, 11) is 0. The maximum Gasteiger partial charge on any atom is 0.107 e. The molecule has 3 nitrogen and oxygen atoms in total. The highest BCUT2D eigenvalue weighted by Gasteiger charge is 2.00. The number of imidazole rings is 1. The Morgan fingerprint density at radius 2 is 2.50 bits per heavy atom. The van der Waals surface area contributed by atoms with Crippen LogP contribution in [0.5, 0.6) is 0 Å². The van der Waals surface area contributed by atoms with Gasteiger partial charge in [0.1, 0.15) is 5.82 Å². The van der Waals surface area contributed by atoms with Gasteiger partial charge in [-0.2, -0.15) is 0 Å². The number of aryl methyl sites for hydroxylation is 1. The van der Waals surface area contributed by atoms with E-state index in [1.807, 2.05) is 0 Å². The van der Waals surface area contributed by atoms with Crippen molar-refractivity contribution in [1.29, 1.82) is 0 Å². The first-order valence-electron chi connectivity index (χ1n) is 8.52. The average molecular weight is 198 g/mol. The summed E-state index contributed by atoms with van der Waals surface area (Å²) in [6.45, 7) is -6.14. The molecule has 1 aromatic heterocycles. The second kappa shape index (κ2) is 4.24. The van der Waals surface area contributed by atoms with Crippen LogP contribution in [0.3, 0.4) is 0 Å². The highest BCUT2D eigenvalue weighted by atomic mass is 14.9. The van der Waals surface area contributed by atoms with Crippen LogP contribution in [0.1, 0.15) is 24.5 Å². The van der Waals surface area contributed by atoms with E-state index in [9.17, 15) is 0 Å². The van der Waals surface area contributed by atoms with Gasteiger partial charge >= 0.3 is 0 Å². The monoisotopic (exact) mass is 198 g/mol. The lowest BCUT2D eigenvalue weighted by atomic mass is 10.3. The average Bonchev–Trinajstić information content (AvgIpc) is 2.79. The van der Waals surface area contributed by atoms with Crippen LogP contribution in [-0.2, 0) is 6.37 Å². The van der Waals surface area contributed by atoms with Crippen molar-refractivity contribution in [2.24, 2.45) is 0 Å². The first-order chi connectivity index (χ1) is 10.3. The molecule has 0 aliphatic rings. The summed E-state index contributed by atoms with van der Waals surface area (Å²) in [4.78, 5) is 6.57. The van der Waals surface area contributed by atoms with E-state index in [-0.39, 0.29) is 0 Å². The van der Waals surface area contributed by atoms with Gasteiger partial charge < -0.3 is 10.3 Å². The first kappa shape index (κ1) is 3.35. The Balaban J connectivity index is 2.47. The standard InChI is InChI=1S/C11H15N3/c1-12-8-4-7-11-13-9-5-2-3-6-10(9)14-11/h2-3,5-6,12H,4,7-8H2,1H3,(H,13,14)/i1D3,4D2,7D2,8D2. The van der Waals surface area contributed by atoms with Crippen LogP contribution in [0.2, 0.25) is 0 Å². The van der Waals surface area contributed by atoms with Crippen molar-refractivity contribution in [3.63, 3.8) is 0 Å². The van der Waals surface area contributed by atoms with Gasteiger partial charge in [0.2, 0.25) is 0 Å². The number of aromatic amines is 1. The molecule has 0 bridgehead atoms. The molecule has 0 radical (unpaired) electrons. The number of fused-ring (bicyclic) bond motifs is 1. The quantitative estimate of drug-likeness (QED) is 0.785. The molecule has 1 aromatic carbocycles. The third-order valence-electron chi connectivity index (χ3n) is 1.70. The number of nitrogens with one attached hydrogen (secondary N) is 2. The molecule has 0 atom stereocenters. The van der Waals surface area contributed by atoms with E-state index < -0.39 is 32.0 Å². The smallest absolute Gasteiger partial charge is 0.107 e. The molecule has 0 spiro atoms. The highest BCUT2D eigenvalue weighted by Crippen LogP contribution is 2.10. The summed E-state index contributed by atoms with van der Waals surface area (Å²) < 4.78 is 68.2. The topological polar surface area (TPSA) is 40.7 Å². The first-order valence-corrected chi connectivity index (χ1v) is 4.02. The highest BCUT2D eigenvalue weighted by molar-refractivity contribution is 5.74. The zero-order chi connectivity index (χ0) is 17.7. The van der Waals surface area contributed by atoms with E-state index in [1.54, 1.807) is 24.3 Å². The number of hydrogen-bond donors (Lipinski definition) is 2. The molecule has 0 fully saturated rings. The number of nitrogens with zero attached hydrogens (tertiary/aromatic N) is 1. The summed E-state index contributed by atoms with van der Waals surface area (Å²) in [5.41, 5.74) is 0.859. The van der Waals surface area contributed by atoms with E-state index in [4.69, 9.17) is 12.3 Å². The molecule has 0 amide bonds. The van der Waals surface area contributed by atoms with Gasteiger partial charge in [0.05, 0.1) is 11.0 Å². The third-order valence-corrected chi connectivity index (χ3v) is 1.70. The summed E-state index contributed by atoms with van der Waals surface area (Å²) in [6.07, 6.45) is -6.13. The fourth-order valence-electron chi connectivity index (χ4n) is 1.13. The van der Waals surface area contributed by atoms with Crippen LogP contribution in [0.4, 0.5) is 0 Å². The minimum atomic E-state index is -3.22. The number of hydrogen-bond acceptors (Lipinski definition) is 2. The minimum absolute atomic E-state index is 0.395. The maximum atomic E-state index is 8.00. The molecule has 0 saturated heterocycles. The molecule has 0 unspecified atom stereocenters. The molecule has 2 N–H and O–H groups in total. The normalized spacial score (nSPS) is 24.4. The van der Waals surface area contributed by atoms with Crippen molar-refractivity contribution < 1.29 is 12.3 Å². The van der Waals surface area contributed by atoms with Gasteiger partial charge in [0.15, 0.2) is 0 Å². The van der Waals surface area contributed by atoms with Crippen molar-refractivity contribution in [1.82, 2.24) is 15.3 Å². The number of para-hydroxylation sites is 2. The van der Waals surface area contributed by atoms with Crippen molar-refractivity contribution >= 4 is 11.0 Å². The van der Waals surface area contributed by atoms with Crippen molar-refractivity contribution in [3.8, 4) is 0 Å². The summed E-state index contributed by atoms with van der Waals surface area (Å²) >= 11 is 0. The second-order valence-corrected chi connectivity index (χ2v) is 2.60. The number of H-pyrrole nitrogens is 1. The minimum Gasteiger partial charge on any atom is -0.342 e. The predicted molar refractivity (Wildman–Crippen MR) is 58.3 cm³/mol. The molecular weight excluding hydrogens is 174 g/mol. The number of aromatic nitrogens is 2. The SMILES string of the molecule is [2H]C([2H])([2H])NC([2H])([2H])C([2H])([2H])C([2H])([2H])c1nc2ccccc2[nH]1. The maximum absolute atomic E-state index is 8.00. The van der Waals surface area contributed by atoms with Gasteiger partial charge in [-0.1, -0.05) is 12.1 Å². The van der Waals surface area contributed by atoms with Crippen molar-refractivity contribution in [3.05, 3.63) is 30.1 Å². The molecule has 0 aliphatic carbocycles. The van der Waals surface area contributed by atoms with E-state index >= 15 is 0 Å². The molecule has 0 saturated carbocycles. The molecule has 1 heterocycles.